The lowest BCUT2D eigenvalue weighted by molar-refractivity contribution is 1.46. The van der Waals surface area contributed by atoms with Crippen molar-refractivity contribution in [3.63, 3.8) is 0 Å². The Hall–Kier alpha value is -0.770. The summed E-state index contributed by atoms with van der Waals surface area (Å²) in [6, 6.07) is 4.21. The van der Waals surface area contributed by atoms with Crippen LogP contribution >= 0.6 is 27.7 Å². The third kappa shape index (κ3) is 2.03. The normalized spacial score (nSPS) is 9.38. The van der Waals surface area contributed by atoms with Crippen molar-refractivity contribution in [3.05, 3.63) is 23.3 Å². The van der Waals surface area contributed by atoms with E-state index in [-0.39, 0.29) is 0 Å². The molecule has 3 unspecified atom stereocenters. The number of rotatable bonds is 1. The largest absolute Gasteiger partial charge is 0.192 e. The lowest BCUT2D eigenvalue weighted by Gasteiger charge is -2.15. The number of nitriles is 2. The Morgan fingerprint density at radius 3 is 2.12 bits per heavy atom. The number of benzene rings is 1. The Morgan fingerprint density at radius 1 is 1.12 bits per heavy atom. The van der Waals surface area contributed by atoms with Crippen LogP contribution in [-0.4, -0.2) is 0 Å². The highest BCUT2D eigenvalue weighted by atomic mass is 31.0. The fraction of sp³-hybridized carbons (Fsp3) is 0.0909. The van der Waals surface area contributed by atoms with Crippen molar-refractivity contribution in [2.45, 2.75) is 6.92 Å². The van der Waals surface area contributed by atoms with Gasteiger partial charge in [-0.05, 0) is 28.4 Å². The minimum absolute atomic E-state index is 0.416. The number of hydrogen-bond acceptors (Lipinski definition) is 2. The van der Waals surface area contributed by atoms with Crippen LogP contribution in [0.4, 0.5) is 0 Å². The van der Waals surface area contributed by atoms with Crippen LogP contribution in [0.3, 0.4) is 0 Å². The fourth-order valence-electron chi connectivity index (χ4n) is 1.50. The molecule has 0 saturated carbocycles. The second-order valence-electron chi connectivity index (χ2n) is 3.32. The van der Waals surface area contributed by atoms with Gasteiger partial charge in [0.05, 0.1) is 17.2 Å². The van der Waals surface area contributed by atoms with Crippen molar-refractivity contribution >= 4 is 49.2 Å². The molecular formula is C11H11N2P3. The molecule has 0 aromatic heterocycles. The molecule has 1 rings (SSSR count). The molecular weight excluding hydrogens is 253 g/mol. The Balaban J connectivity index is 3.77. The maximum atomic E-state index is 9.06. The molecule has 0 spiro atoms. The molecule has 3 atom stereocenters. The Bertz CT molecular complexity index is 533. The van der Waals surface area contributed by atoms with Gasteiger partial charge in [0, 0.05) is 5.56 Å². The molecule has 0 aliphatic rings. The van der Waals surface area contributed by atoms with Crippen LogP contribution in [0.5, 0.6) is 0 Å². The van der Waals surface area contributed by atoms with Gasteiger partial charge in [0.1, 0.15) is 6.07 Å². The summed E-state index contributed by atoms with van der Waals surface area (Å²) in [5.41, 5.74) is 2.75. The average molecular weight is 264 g/mol. The van der Waals surface area contributed by atoms with Crippen LogP contribution in [0.1, 0.15) is 16.7 Å². The number of nitrogens with zero attached hydrogens (tertiary/aromatic N) is 2. The first kappa shape index (κ1) is 13.3. The van der Waals surface area contributed by atoms with E-state index in [2.05, 4.69) is 40.4 Å². The van der Waals surface area contributed by atoms with Crippen molar-refractivity contribution in [2.75, 3.05) is 0 Å². The van der Waals surface area contributed by atoms with Crippen LogP contribution in [0.25, 0.3) is 5.57 Å². The summed E-state index contributed by atoms with van der Waals surface area (Å²) in [6.07, 6.45) is 0. The number of hydrogen-bond donors (Lipinski definition) is 0. The lowest BCUT2D eigenvalue weighted by atomic mass is 9.99. The summed E-state index contributed by atoms with van der Waals surface area (Å²) in [5.74, 6) is 0. The molecule has 0 saturated heterocycles. The molecule has 1 aromatic rings. The van der Waals surface area contributed by atoms with Gasteiger partial charge < -0.3 is 0 Å². The van der Waals surface area contributed by atoms with E-state index in [1.807, 2.05) is 13.0 Å². The molecule has 1 aromatic carbocycles. The van der Waals surface area contributed by atoms with Gasteiger partial charge in [-0.2, -0.15) is 10.5 Å². The quantitative estimate of drug-likeness (QED) is 0.559. The molecule has 80 valence electrons. The third-order valence-corrected chi connectivity index (χ3v) is 4.68. The minimum atomic E-state index is 0.416. The maximum absolute atomic E-state index is 9.06. The van der Waals surface area contributed by atoms with Gasteiger partial charge in [0.25, 0.3) is 0 Å². The van der Waals surface area contributed by atoms with Crippen molar-refractivity contribution < 1.29 is 0 Å². The first-order valence-electron chi connectivity index (χ1n) is 4.42. The molecule has 0 amide bonds. The highest BCUT2D eigenvalue weighted by molar-refractivity contribution is 7.36. The molecule has 5 heteroatoms. The van der Waals surface area contributed by atoms with E-state index < -0.39 is 0 Å². The highest BCUT2D eigenvalue weighted by Gasteiger charge is 2.16. The highest BCUT2D eigenvalue weighted by Crippen LogP contribution is 2.19. The maximum Gasteiger partial charge on any atom is 0.100 e. The second-order valence-corrected chi connectivity index (χ2v) is 5.05. The molecule has 0 aliphatic heterocycles. The molecule has 0 fully saturated rings. The topological polar surface area (TPSA) is 47.6 Å². The zero-order valence-corrected chi connectivity index (χ0v) is 12.3. The van der Waals surface area contributed by atoms with Crippen molar-refractivity contribution in [3.8, 4) is 12.1 Å². The predicted molar refractivity (Wildman–Crippen MR) is 78.6 cm³/mol. The van der Waals surface area contributed by atoms with Gasteiger partial charge in [0.15, 0.2) is 0 Å². The van der Waals surface area contributed by atoms with E-state index in [4.69, 9.17) is 10.5 Å². The van der Waals surface area contributed by atoms with Crippen molar-refractivity contribution in [2.24, 2.45) is 0 Å². The van der Waals surface area contributed by atoms with Gasteiger partial charge in [-0.1, -0.05) is 6.58 Å². The molecule has 16 heavy (non-hydrogen) atoms. The molecule has 2 nitrogen and oxygen atoms in total. The third-order valence-electron chi connectivity index (χ3n) is 2.43. The summed E-state index contributed by atoms with van der Waals surface area (Å²) in [4.78, 5) is 0. The van der Waals surface area contributed by atoms with Gasteiger partial charge in [-0.15, -0.1) is 27.7 Å². The van der Waals surface area contributed by atoms with Crippen LogP contribution in [0.2, 0.25) is 0 Å². The van der Waals surface area contributed by atoms with E-state index in [1.165, 1.54) is 0 Å². The first-order chi connectivity index (χ1) is 7.45. The summed E-state index contributed by atoms with van der Waals surface area (Å²) in [6.45, 7) is 5.61. The van der Waals surface area contributed by atoms with E-state index in [0.29, 0.717) is 11.1 Å². The van der Waals surface area contributed by atoms with Gasteiger partial charge >= 0.3 is 0 Å². The zero-order chi connectivity index (χ0) is 12.5. The first-order valence-corrected chi connectivity index (χ1v) is 6.15. The van der Waals surface area contributed by atoms with Crippen molar-refractivity contribution in [1.29, 1.82) is 10.5 Å². The Kier molecular flexibility index (Phi) is 4.19. The van der Waals surface area contributed by atoms with Gasteiger partial charge in [-0.3, -0.25) is 0 Å². The zero-order valence-electron chi connectivity index (χ0n) is 8.83. The van der Waals surface area contributed by atoms with E-state index in [9.17, 15) is 0 Å². The van der Waals surface area contributed by atoms with E-state index in [0.717, 1.165) is 27.0 Å². The monoisotopic (exact) mass is 264 g/mol. The second kappa shape index (κ2) is 5.04. The predicted octanol–water partition coefficient (Wildman–Crippen LogP) is 0.905. The van der Waals surface area contributed by atoms with Crippen molar-refractivity contribution in [1.82, 2.24) is 0 Å². The average Bonchev–Trinajstić information content (AvgIpc) is 2.27. The Labute approximate surface area is 102 Å². The van der Waals surface area contributed by atoms with Gasteiger partial charge in [-0.25, -0.2) is 0 Å². The SMILES string of the molecule is C=C(C#N)c1c(C)c(P)c(C#N)c(P)c1P. The van der Waals surface area contributed by atoms with Crippen LogP contribution in [0, 0.1) is 29.6 Å². The minimum Gasteiger partial charge on any atom is -0.192 e. The van der Waals surface area contributed by atoms with Crippen LogP contribution in [-0.2, 0) is 0 Å². The van der Waals surface area contributed by atoms with Crippen LogP contribution in [0.15, 0.2) is 6.58 Å². The summed E-state index contributed by atoms with van der Waals surface area (Å²) in [5, 5.41) is 20.4. The summed E-state index contributed by atoms with van der Waals surface area (Å²) in [7, 11) is 7.66. The lowest BCUT2D eigenvalue weighted by Crippen LogP contribution is -2.27. The Morgan fingerprint density at radius 2 is 1.69 bits per heavy atom. The molecule has 0 radical (unpaired) electrons. The number of allylic oxidation sites excluding steroid dienone is 1. The summed E-state index contributed by atoms with van der Waals surface area (Å²) >= 11 is 0. The van der Waals surface area contributed by atoms with E-state index >= 15 is 0 Å². The summed E-state index contributed by atoms with van der Waals surface area (Å²) < 4.78 is 0. The smallest absolute Gasteiger partial charge is 0.100 e. The molecule has 0 heterocycles. The van der Waals surface area contributed by atoms with Crippen LogP contribution < -0.4 is 15.9 Å². The van der Waals surface area contributed by atoms with E-state index in [1.54, 1.807) is 0 Å². The molecule has 0 aliphatic carbocycles. The molecule has 0 bridgehead atoms. The standard InChI is InChI=1S/C11H11N2P3/c1-5(3-12)8-6(2)9(14)7(4-13)10(15)11(8)16/h1,14-16H2,2H3. The van der Waals surface area contributed by atoms with Gasteiger partial charge in [0.2, 0.25) is 0 Å². The molecule has 0 N–H and O–H groups in total. The fourth-order valence-corrected chi connectivity index (χ4v) is 2.93.